The van der Waals surface area contributed by atoms with Gasteiger partial charge >= 0.3 is 0 Å². The maximum atomic E-state index is 14.2. The number of hydrogen-bond donors (Lipinski definition) is 2. The third kappa shape index (κ3) is 2.18. The Morgan fingerprint density at radius 3 is 2.68 bits per heavy atom. The van der Waals surface area contributed by atoms with Gasteiger partial charge in [-0.1, -0.05) is 0 Å². The monoisotopic (exact) mass is 323 g/mol. The van der Waals surface area contributed by atoms with Gasteiger partial charge in [-0.05, 0) is 31.7 Å². The second kappa shape index (κ2) is 4.89. The lowest BCUT2D eigenvalue weighted by atomic mass is 10.0. The van der Waals surface area contributed by atoms with Crippen molar-refractivity contribution in [2.45, 2.75) is 11.9 Å². The molecule has 3 aromatic rings. The van der Waals surface area contributed by atoms with Crippen LogP contribution in [0.5, 0.6) is 0 Å². The Kier molecular flexibility index (Phi) is 3.26. The fourth-order valence-corrected chi connectivity index (χ4v) is 3.10. The van der Waals surface area contributed by atoms with Crippen LogP contribution in [0.15, 0.2) is 23.5 Å². The van der Waals surface area contributed by atoms with E-state index in [4.69, 9.17) is 0 Å². The summed E-state index contributed by atoms with van der Waals surface area (Å²) in [6, 6.07) is 2.73. The largest absolute Gasteiger partial charge is 0.342 e. The van der Waals surface area contributed by atoms with Crippen LogP contribution in [0.4, 0.5) is 4.39 Å². The Morgan fingerprint density at radius 2 is 2.09 bits per heavy atom. The van der Waals surface area contributed by atoms with Crippen LogP contribution in [-0.2, 0) is 17.1 Å². The van der Waals surface area contributed by atoms with Crippen molar-refractivity contribution < 1.29 is 12.8 Å². The molecule has 9 heteroatoms. The quantitative estimate of drug-likeness (QED) is 0.760. The fraction of sp³-hybridized carbons (Fsp3) is 0.231. The molecule has 0 atom stereocenters. The highest BCUT2D eigenvalue weighted by molar-refractivity contribution is 7.89. The SMILES string of the molecule is CNS(=O)(=O)c1cc2c(-c3ncn(C)n3)c(C)cc(F)c2[nH]1. The topological polar surface area (TPSA) is 92.7 Å². The van der Waals surface area contributed by atoms with E-state index < -0.39 is 15.8 Å². The van der Waals surface area contributed by atoms with Crippen molar-refractivity contribution >= 4 is 20.9 Å². The second-order valence-electron chi connectivity index (χ2n) is 4.92. The summed E-state index contributed by atoms with van der Waals surface area (Å²) in [6.07, 6.45) is 1.53. The van der Waals surface area contributed by atoms with E-state index >= 15 is 0 Å². The van der Waals surface area contributed by atoms with Crippen LogP contribution in [-0.4, -0.2) is 35.2 Å². The van der Waals surface area contributed by atoms with Gasteiger partial charge in [0.15, 0.2) is 5.82 Å². The van der Waals surface area contributed by atoms with Gasteiger partial charge in [0.2, 0.25) is 0 Å². The second-order valence-corrected chi connectivity index (χ2v) is 6.78. The molecule has 3 rings (SSSR count). The van der Waals surface area contributed by atoms with Crippen molar-refractivity contribution in [3.8, 4) is 11.4 Å². The van der Waals surface area contributed by atoms with E-state index in [0.29, 0.717) is 22.3 Å². The summed E-state index contributed by atoms with van der Waals surface area (Å²) >= 11 is 0. The Morgan fingerprint density at radius 1 is 1.36 bits per heavy atom. The highest BCUT2D eigenvalue weighted by atomic mass is 32.2. The molecule has 2 heterocycles. The highest BCUT2D eigenvalue weighted by Crippen LogP contribution is 2.33. The summed E-state index contributed by atoms with van der Waals surface area (Å²) in [6.45, 7) is 1.73. The molecule has 0 bridgehead atoms. The van der Waals surface area contributed by atoms with Gasteiger partial charge in [0.05, 0.1) is 5.52 Å². The van der Waals surface area contributed by atoms with Crippen molar-refractivity contribution in [3.63, 3.8) is 0 Å². The van der Waals surface area contributed by atoms with Crippen molar-refractivity contribution in [2.75, 3.05) is 7.05 Å². The average Bonchev–Trinajstić information content (AvgIpc) is 3.06. The molecule has 7 nitrogen and oxygen atoms in total. The fourth-order valence-electron chi connectivity index (χ4n) is 2.37. The highest BCUT2D eigenvalue weighted by Gasteiger charge is 2.21. The van der Waals surface area contributed by atoms with E-state index in [1.807, 2.05) is 0 Å². The first kappa shape index (κ1) is 14.7. The third-order valence-corrected chi connectivity index (χ3v) is 4.76. The first-order valence-electron chi connectivity index (χ1n) is 6.45. The molecule has 0 radical (unpaired) electrons. The minimum atomic E-state index is -3.70. The van der Waals surface area contributed by atoms with E-state index in [9.17, 15) is 12.8 Å². The van der Waals surface area contributed by atoms with Gasteiger partial charge in [-0.25, -0.2) is 22.5 Å². The molecule has 0 aliphatic rings. The first-order chi connectivity index (χ1) is 10.3. The molecule has 1 aromatic carbocycles. The van der Waals surface area contributed by atoms with Crippen LogP contribution < -0.4 is 4.72 Å². The molecule has 2 aromatic heterocycles. The van der Waals surface area contributed by atoms with Gasteiger partial charge in [-0.15, -0.1) is 0 Å². The number of aromatic nitrogens is 4. The zero-order valence-corrected chi connectivity index (χ0v) is 13.0. The molecular formula is C13H14FN5O2S. The number of nitrogens with zero attached hydrogens (tertiary/aromatic N) is 3. The zero-order valence-electron chi connectivity index (χ0n) is 12.2. The molecule has 116 valence electrons. The predicted molar refractivity (Wildman–Crippen MR) is 79.2 cm³/mol. The summed E-state index contributed by atoms with van der Waals surface area (Å²) in [5.41, 5.74) is 1.34. The number of aryl methyl sites for hydroxylation is 2. The van der Waals surface area contributed by atoms with E-state index in [-0.39, 0.29) is 10.5 Å². The molecule has 0 unspecified atom stereocenters. The number of benzene rings is 1. The molecule has 0 fully saturated rings. The van der Waals surface area contributed by atoms with Crippen molar-refractivity contribution in [3.05, 3.63) is 29.8 Å². The zero-order chi connectivity index (χ0) is 16.1. The first-order valence-corrected chi connectivity index (χ1v) is 7.93. The Labute approximate surface area is 126 Å². The number of rotatable bonds is 3. The minimum absolute atomic E-state index is 0.105. The molecular weight excluding hydrogens is 309 g/mol. The van der Waals surface area contributed by atoms with E-state index in [0.717, 1.165) is 0 Å². The number of hydrogen-bond acceptors (Lipinski definition) is 4. The normalized spacial score (nSPS) is 12.2. The van der Waals surface area contributed by atoms with Crippen molar-refractivity contribution in [1.29, 1.82) is 0 Å². The molecule has 2 N–H and O–H groups in total. The summed E-state index contributed by atoms with van der Waals surface area (Å²) in [4.78, 5) is 6.78. The number of nitrogens with one attached hydrogen (secondary N) is 2. The van der Waals surface area contributed by atoms with Gasteiger partial charge in [0.1, 0.15) is 17.2 Å². The van der Waals surface area contributed by atoms with Crippen molar-refractivity contribution in [1.82, 2.24) is 24.5 Å². The third-order valence-electron chi connectivity index (χ3n) is 3.42. The van der Waals surface area contributed by atoms with Gasteiger partial charge in [0, 0.05) is 18.0 Å². The minimum Gasteiger partial charge on any atom is -0.342 e. The van der Waals surface area contributed by atoms with Crippen LogP contribution in [0.1, 0.15) is 5.56 Å². The smallest absolute Gasteiger partial charge is 0.255 e. The average molecular weight is 323 g/mol. The van der Waals surface area contributed by atoms with Crippen molar-refractivity contribution in [2.24, 2.45) is 7.05 Å². The van der Waals surface area contributed by atoms with Crippen LogP contribution >= 0.6 is 0 Å². The molecule has 0 saturated carbocycles. The standard InChI is InChI=1S/C13H14FN5O2S/c1-7-4-9(14)12-8(5-10(17-12)22(20,21)15-2)11(7)13-16-6-19(3)18-13/h4-6,15,17H,1-3H3. The number of halogens is 1. The number of fused-ring (bicyclic) bond motifs is 1. The van der Waals surface area contributed by atoms with Gasteiger partial charge in [-0.3, -0.25) is 4.68 Å². The lowest BCUT2D eigenvalue weighted by Crippen LogP contribution is -2.18. The summed E-state index contributed by atoms with van der Waals surface area (Å²) in [5.74, 6) is -0.109. The molecule has 22 heavy (non-hydrogen) atoms. The summed E-state index contributed by atoms with van der Waals surface area (Å²) in [5, 5.41) is 4.54. The van der Waals surface area contributed by atoms with Gasteiger partial charge < -0.3 is 4.98 Å². The lowest BCUT2D eigenvalue weighted by molar-refractivity contribution is 0.585. The van der Waals surface area contributed by atoms with E-state index in [2.05, 4.69) is 19.8 Å². The lowest BCUT2D eigenvalue weighted by Gasteiger charge is -2.04. The van der Waals surface area contributed by atoms with Crippen LogP contribution in [0.25, 0.3) is 22.3 Å². The molecule has 0 amide bonds. The van der Waals surface area contributed by atoms with E-state index in [1.165, 1.54) is 30.2 Å². The van der Waals surface area contributed by atoms with Gasteiger partial charge in [-0.2, -0.15) is 5.10 Å². The summed E-state index contributed by atoms with van der Waals surface area (Å²) < 4.78 is 41.7. The number of sulfonamides is 1. The maximum Gasteiger partial charge on any atom is 0.255 e. The Balaban J connectivity index is 2.38. The molecule has 0 saturated heterocycles. The maximum absolute atomic E-state index is 14.2. The van der Waals surface area contributed by atoms with Crippen LogP contribution in [0.3, 0.4) is 0 Å². The Bertz CT molecular complexity index is 974. The number of H-pyrrole nitrogens is 1. The molecule has 0 spiro atoms. The molecule has 0 aliphatic carbocycles. The Hall–Kier alpha value is -2.26. The molecule has 0 aliphatic heterocycles. The van der Waals surface area contributed by atoms with Crippen LogP contribution in [0.2, 0.25) is 0 Å². The predicted octanol–water partition coefficient (Wildman–Crippen LogP) is 1.32. The van der Waals surface area contributed by atoms with Crippen LogP contribution in [0, 0.1) is 12.7 Å². The number of aromatic amines is 1. The summed E-state index contributed by atoms with van der Waals surface area (Å²) in [7, 11) is -0.684. The van der Waals surface area contributed by atoms with E-state index in [1.54, 1.807) is 14.0 Å². The van der Waals surface area contributed by atoms with Gasteiger partial charge in [0.25, 0.3) is 10.0 Å².